The highest BCUT2D eigenvalue weighted by Crippen LogP contribution is 2.33. The average molecular weight is 318 g/mol. The van der Waals surface area contributed by atoms with Crippen molar-refractivity contribution in [3.05, 3.63) is 0 Å². The molecule has 1 aliphatic carbocycles. The van der Waals surface area contributed by atoms with Crippen LogP contribution in [0.5, 0.6) is 0 Å². The third-order valence-corrected chi connectivity index (χ3v) is 6.66. The summed E-state index contributed by atoms with van der Waals surface area (Å²) in [5.41, 5.74) is -0.734. The van der Waals surface area contributed by atoms with Gasteiger partial charge in [0.15, 0.2) is 0 Å². The van der Waals surface area contributed by atoms with E-state index in [0.29, 0.717) is 39.5 Å². The van der Waals surface area contributed by atoms with Crippen LogP contribution in [0.25, 0.3) is 0 Å². The zero-order chi connectivity index (χ0) is 15.1. The Labute approximate surface area is 125 Å². The molecular formula is C13H22N2O5S. The predicted octanol–water partition coefficient (Wildman–Crippen LogP) is -0.572. The molecule has 1 spiro atoms. The van der Waals surface area contributed by atoms with Crippen molar-refractivity contribution in [2.45, 2.75) is 30.6 Å². The van der Waals surface area contributed by atoms with Crippen LogP contribution < -0.4 is 0 Å². The van der Waals surface area contributed by atoms with Crippen molar-refractivity contribution in [1.82, 2.24) is 9.21 Å². The molecule has 120 valence electrons. The Kier molecular flexibility index (Phi) is 3.98. The number of carbonyl (C=O) groups excluding carboxylic acids is 1. The Morgan fingerprint density at radius 3 is 2.62 bits per heavy atom. The molecule has 2 saturated heterocycles. The maximum absolute atomic E-state index is 12.4. The molecule has 0 radical (unpaired) electrons. The van der Waals surface area contributed by atoms with E-state index in [9.17, 15) is 13.2 Å². The summed E-state index contributed by atoms with van der Waals surface area (Å²) < 4.78 is 37.8. The van der Waals surface area contributed by atoms with Gasteiger partial charge in [-0.3, -0.25) is 4.79 Å². The van der Waals surface area contributed by atoms with Crippen LogP contribution in [-0.4, -0.2) is 80.4 Å². The number of morpholine rings is 1. The molecule has 0 bridgehead atoms. The zero-order valence-corrected chi connectivity index (χ0v) is 13.1. The minimum Gasteiger partial charge on any atom is -0.376 e. The van der Waals surface area contributed by atoms with Gasteiger partial charge in [-0.1, -0.05) is 0 Å². The molecule has 1 atom stereocenters. The van der Waals surface area contributed by atoms with E-state index < -0.39 is 15.6 Å². The molecule has 2 aliphatic heterocycles. The van der Waals surface area contributed by atoms with Crippen LogP contribution in [0.15, 0.2) is 0 Å². The molecule has 7 nitrogen and oxygen atoms in total. The highest BCUT2D eigenvalue weighted by atomic mass is 32.2. The maximum atomic E-state index is 12.4. The van der Waals surface area contributed by atoms with Gasteiger partial charge in [-0.2, -0.15) is 4.31 Å². The summed E-state index contributed by atoms with van der Waals surface area (Å²) in [6.07, 6.45) is 1.51. The molecule has 3 rings (SSSR count). The van der Waals surface area contributed by atoms with Crippen LogP contribution >= 0.6 is 0 Å². The molecule has 1 saturated carbocycles. The van der Waals surface area contributed by atoms with E-state index in [-0.39, 0.29) is 17.7 Å². The number of ether oxygens (including phenoxy) is 2. The quantitative estimate of drug-likeness (QED) is 0.681. The van der Waals surface area contributed by atoms with E-state index in [1.54, 1.807) is 4.90 Å². The average Bonchev–Trinajstić information content (AvgIpc) is 3.26. The Hall–Kier alpha value is -0.700. The fourth-order valence-corrected chi connectivity index (χ4v) is 4.86. The summed E-state index contributed by atoms with van der Waals surface area (Å²) in [6, 6.07) is 0. The lowest BCUT2D eigenvalue weighted by Gasteiger charge is -2.42. The van der Waals surface area contributed by atoms with E-state index in [4.69, 9.17) is 9.47 Å². The second-order valence-electron chi connectivity index (χ2n) is 6.10. The van der Waals surface area contributed by atoms with E-state index in [1.165, 1.54) is 11.2 Å². The van der Waals surface area contributed by atoms with Crippen LogP contribution in [0.1, 0.15) is 19.8 Å². The molecular weight excluding hydrogens is 296 g/mol. The molecule has 0 aromatic carbocycles. The molecule has 3 aliphatic rings. The highest BCUT2D eigenvalue weighted by molar-refractivity contribution is 7.90. The van der Waals surface area contributed by atoms with E-state index in [1.807, 2.05) is 0 Å². The summed E-state index contributed by atoms with van der Waals surface area (Å²) in [5, 5.41) is -0.219. The van der Waals surface area contributed by atoms with Gasteiger partial charge < -0.3 is 14.4 Å². The molecule has 8 heteroatoms. The first kappa shape index (κ1) is 15.2. The first-order valence-corrected chi connectivity index (χ1v) is 8.89. The monoisotopic (exact) mass is 318 g/mol. The number of hydrogen-bond donors (Lipinski definition) is 0. The van der Waals surface area contributed by atoms with Crippen molar-refractivity contribution < 1.29 is 22.7 Å². The van der Waals surface area contributed by atoms with Gasteiger partial charge >= 0.3 is 0 Å². The van der Waals surface area contributed by atoms with Crippen molar-refractivity contribution >= 4 is 15.9 Å². The van der Waals surface area contributed by atoms with Gasteiger partial charge in [0.05, 0.1) is 31.6 Å². The first-order chi connectivity index (χ1) is 9.93. The van der Waals surface area contributed by atoms with Crippen molar-refractivity contribution in [3.8, 4) is 0 Å². The summed E-state index contributed by atoms with van der Waals surface area (Å²) >= 11 is 0. The number of carbonyl (C=O) groups is 1. The first-order valence-electron chi connectivity index (χ1n) is 7.39. The summed E-state index contributed by atoms with van der Waals surface area (Å²) in [4.78, 5) is 13.3. The van der Waals surface area contributed by atoms with E-state index >= 15 is 0 Å². The van der Waals surface area contributed by atoms with E-state index in [2.05, 4.69) is 0 Å². The van der Waals surface area contributed by atoms with E-state index in [0.717, 1.165) is 12.8 Å². The number of hydrogen-bond acceptors (Lipinski definition) is 5. The van der Waals surface area contributed by atoms with Crippen LogP contribution in [0.4, 0.5) is 0 Å². The lowest BCUT2D eigenvalue weighted by atomic mass is 10.0. The maximum Gasteiger partial charge on any atom is 0.219 e. The minimum absolute atomic E-state index is 0.0364. The summed E-state index contributed by atoms with van der Waals surface area (Å²) in [7, 11) is -3.22. The molecule has 21 heavy (non-hydrogen) atoms. The fraction of sp³-hybridized carbons (Fsp3) is 0.923. The molecule has 0 aromatic rings. The van der Waals surface area contributed by atoms with Gasteiger partial charge in [0.25, 0.3) is 0 Å². The third kappa shape index (κ3) is 3.08. The number of amides is 1. The Morgan fingerprint density at radius 1 is 1.19 bits per heavy atom. The number of nitrogens with zero attached hydrogens (tertiary/aromatic N) is 2. The number of rotatable bonds is 2. The lowest BCUT2D eigenvalue weighted by Crippen LogP contribution is -2.60. The Bertz CT molecular complexity index is 519. The van der Waals surface area contributed by atoms with Crippen LogP contribution in [-0.2, 0) is 24.3 Å². The van der Waals surface area contributed by atoms with Gasteiger partial charge in [0.1, 0.15) is 5.60 Å². The van der Waals surface area contributed by atoms with Gasteiger partial charge in [-0.15, -0.1) is 0 Å². The topological polar surface area (TPSA) is 76.2 Å². The van der Waals surface area contributed by atoms with Crippen molar-refractivity contribution in [2.24, 2.45) is 0 Å². The summed E-state index contributed by atoms with van der Waals surface area (Å²) in [5.74, 6) is -0.0364. The van der Waals surface area contributed by atoms with Crippen LogP contribution in [0.2, 0.25) is 0 Å². The van der Waals surface area contributed by atoms with Crippen LogP contribution in [0.3, 0.4) is 0 Å². The predicted molar refractivity (Wildman–Crippen MR) is 75.3 cm³/mol. The van der Waals surface area contributed by atoms with Crippen molar-refractivity contribution in [3.63, 3.8) is 0 Å². The molecule has 0 N–H and O–H groups in total. The van der Waals surface area contributed by atoms with Gasteiger partial charge in [-0.25, -0.2) is 8.42 Å². The zero-order valence-electron chi connectivity index (χ0n) is 12.3. The summed E-state index contributed by atoms with van der Waals surface area (Å²) in [6.45, 7) is 4.22. The van der Waals surface area contributed by atoms with Gasteiger partial charge in [0, 0.05) is 26.6 Å². The molecule has 0 unspecified atom stereocenters. The number of sulfonamides is 1. The standard InChI is InChI=1S/C13H22N2O5S/c1-11(16)14-4-6-19-10-13(8-14)9-15(5-7-20-13)21(17,18)12-2-3-12/h12H,2-10H2,1H3/t13-/m1/s1. The third-order valence-electron chi connectivity index (χ3n) is 4.31. The molecule has 1 amide bonds. The van der Waals surface area contributed by atoms with Crippen LogP contribution in [0, 0.1) is 0 Å². The lowest BCUT2D eigenvalue weighted by molar-refractivity contribution is -0.142. The van der Waals surface area contributed by atoms with Crippen molar-refractivity contribution in [2.75, 3.05) is 46.0 Å². The molecule has 3 fully saturated rings. The van der Waals surface area contributed by atoms with Crippen molar-refractivity contribution in [1.29, 1.82) is 0 Å². The Balaban J connectivity index is 1.78. The minimum atomic E-state index is -3.22. The second-order valence-corrected chi connectivity index (χ2v) is 8.32. The SMILES string of the molecule is CC(=O)N1CCOC[C@@]2(C1)CN(S(=O)(=O)C1CC1)CCO2. The largest absolute Gasteiger partial charge is 0.376 e. The fourth-order valence-electron chi connectivity index (χ4n) is 2.96. The molecule has 0 aromatic heterocycles. The molecule has 2 heterocycles. The normalized spacial score (nSPS) is 32.1. The van der Waals surface area contributed by atoms with Gasteiger partial charge in [0.2, 0.25) is 15.9 Å². The smallest absolute Gasteiger partial charge is 0.219 e. The Morgan fingerprint density at radius 2 is 1.95 bits per heavy atom. The second kappa shape index (κ2) is 5.49. The van der Waals surface area contributed by atoms with Gasteiger partial charge in [-0.05, 0) is 12.8 Å². The highest BCUT2D eigenvalue weighted by Gasteiger charge is 2.47.